The molecule has 5 N–H and O–H groups in total. The highest BCUT2D eigenvalue weighted by Crippen LogP contribution is 2.25. The first-order chi connectivity index (χ1) is 11.3. The minimum atomic E-state index is -1.32. The van der Waals surface area contributed by atoms with Crippen LogP contribution in [0.15, 0.2) is 29.3 Å². The highest BCUT2D eigenvalue weighted by atomic mass is 16.7. The van der Waals surface area contributed by atoms with Crippen LogP contribution in [0, 0.1) is 10.1 Å². The van der Waals surface area contributed by atoms with E-state index in [-0.39, 0.29) is 5.69 Å². The van der Waals surface area contributed by atoms with E-state index >= 15 is 0 Å². The molecule has 1 aliphatic heterocycles. The molecule has 0 aliphatic carbocycles. The highest BCUT2D eigenvalue weighted by molar-refractivity contribution is 6.06. The molecule has 1 aromatic carbocycles. The molecule has 1 aliphatic rings. The summed E-state index contributed by atoms with van der Waals surface area (Å²) in [5.74, 6) is -2.51. The van der Waals surface area contributed by atoms with Gasteiger partial charge in [-0.3, -0.25) is 14.5 Å². The Labute approximate surface area is 134 Å². The molecule has 3 amide bonds. The molecular weight excluding hydrogens is 324 g/mol. The van der Waals surface area contributed by atoms with Gasteiger partial charge in [0, 0.05) is 0 Å². The van der Waals surface area contributed by atoms with Gasteiger partial charge in [-0.05, 0) is 17.7 Å². The number of hydrogen-bond donors (Lipinski definition) is 4. The SMILES string of the molecule is NC(=Nc1cccc(C2NC(=O)N(CC(=O)O)C2=O)c1)N[N+](=O)[O-]. The van der Waals surface area contributed by atoms with Gasteiger partial charge < -0.3 is 16.2 Å². The minimum Gasteiger partial charge on any atom is -0.480 e. The van der Waals surface area contributed by atoms with Gasteiger partial charge in [0.1, 0.15) is 12.6 Å². The monoisotopic (exact) mass is 336 g/mol. The molecule has 1 heterocycles. The number of benzene rings is 1. The lowest BCUT2D eigenvalue weighted by Crippen LogP contribution is -2.35. The van der Waals surface area contributed by atoms with E-state index in [4.69, 9.17) is 10.8 Å². The molecular formula is C12H12N6O6. The number of urea groups is 1. The summed E-state index contributed by atoms with van der Waals surface area (Å²) in [6.45, 7) is -0.751. The van der Waals surface area contributed by atoms with Gasteiger partial charge in [0.05, 0.1) is 5.69 Å². The van der Waals surface area contributed by atoms with Crippen molar-refractivity contribution in [3.63, 3.8) is 0 Å². The molecule has 1 atom stereocenters. The first kappa shape index (κ1) is 16.7. The Bertz CT molecular complexity index is 747. The Hall–Kier alpha value is -3.70. The number of carbonyl (C=O) groups excluding carboxylic acids is 2. The Balaban J connectivity index is 2.23. The van der Waals surface area contributed by atoms with Crippen molar-refractivity contribution in [3.8, 4) is 0 Å². The first-order valence-corrected chi connectivity index (χ1v) is 6.47. The Morgan fingerprint density at radius 1 is 1.50 bits per heavy atom. The van der Waals surface area contributed by atoms with Gasteiger partial charge in [-0.15, -0.1) is 0 Å². The van der Waals surface area contributed by atoms with Crippen LogP contribution in [0.2, 0.25) is 0 Å². The number of guanidine groups is 1. The fourth-order valence-corrected chi connectivity index (χ4v) is 2.06. The van der Waals surface area contributed by atoms with E-state index in [0.717, 1.165) is 0 Å². The van der Waals surface area contributed by atoms with Crippen LogP contribution in [0.4, 0.5) is 10.5 Å². The number of rotatable bonds is 5. The van der Waals surface area contributed by atoms with E-state index in [0.29, 0.717) is 10.5 Å². The fraction of sp³-hybridized carbons (Fsp3) is 0.167. The van der Waals surface area contributed by atoms with E-state index in [2.05, 4.69) is 10.3 Å². The van der Waals surface area contributed by atoms with Gasteiger partial charge in [-0.2, -0.15) is 0 Å². The zero-order chi connectivity index (χ0) is 17.9. The lowest BCUT2D eigenvalue weighted by Gasteiger charge is -2.10. The molecule has 1 aromatic rings. The molecule has 1 saturated heterocycles. The number of carboxylic acids is 1. The van der Waals surface area contributed by atoms with Gasteiger partial charge in [-0.25, -0.2) is 19.9 Å². The van der Waals surface area contributed by atoms with E-state index in [1.165, 1.54) is 24.3 Å². The third-order valence-corrected chi connectivity index (χ3v) is 2.98. The van der Waals surface area contributed by atoms with Gasteiger partial charge in [0.25, 0.3) is 11.9 Å². The average molecular weight is 336 g/mol. The summed E-state index contributed by atoms with van der Waals surface area (Å²) in [5.41, 5.74) is 7.52. The number of nitrogens with zero attached hydrogens (tertiary/aromatic N) is 3. The zero-order valence-corrected chi connectivity index (χ0v) is 12.0. The van der Waals surface area contributed by atoms with Crippen LogP contribution in [-0.4, -0.2) is 45.5 Å². The number of nitrogens with one attached hydrogen (secondary N) is 2. The van der Waals surface area contributed by atoms with Crippen LogP contribution in [-0.2, 0) is 9.59 Å². The zero-order valence-electron chi connectivity index (χ0n) is 12.0. The Kier molecular flexibility index (Phi) is 4.58. The molecule has 0 saturated carbocycles. The lowest BCUT2D eigenvalue weighted by atomic mass is 10.1. The predicted octanol–water partition coefficient (Wildman–Crippen LogP) is -0.908. The van der Waals surface area contributed by atoms with Gasteiger partial charge in [-0.1, -0.05) is 17.6 Å². The number of nitro groups is 1. The van der Waals surface area contributed by atoms with E-state index < -0.39 is 41.5 Å². The van der Waals surface area contributed by atoms with Crippen LogP contribution in [0.25, 0.3) is 0 Å². The number of carboxylic acid groups (broad SMARTS) is 1. The normalized spacial score (nSPS) is 17.6. The number of aliphatic imine (C=N–C) groups is 1. The van der Waals surface area contributed by atoms with Crippen LogP contribution >= 0.6 is 0 Å². The second-order valence-electron chi connectivity index (χ2n) is 4.66. The maximum atomic E-state index is 12.1. The number of carbonyl (C=O) groups is 3. The molecule has 12 heteroatoms. The molecule has 0 radical (unpaired) electrons. The number of amides is 3. The Morgan fingerprint density at radius 3 is 2.83 bits per heavy atom. The van der Waals surface area contributed by atoms with E-state index in [1.54, 1.807) is 5.43 Å². The molecule has 126 valence electrons. The van der Waals surface area contributed by atoms with Crippen molar-refractivity contribution in [1.82, 2.24) is 15.6 Å². The summed E-state index contributed by atoms with van der Waals surface area (Å²) >= 11 is 0. The molecule has 1 fully saturated rings. The standard InChI is InChI=1S/C12H12N6O6/c13-11(16-18(23)24)14-7-3-1-2-6(4-7)9-10(21)17(5-8(19)20)12(22)15-9/h1-4,9H,5H2,(H,15,22)(H,19,20)(H3,13,14,16). The van der Waals surface area contributed by atoms with Crippen LogP contribution in [0.5, 0.6) is 0 Å². The van der Waals surface area contributed by atoms with Crippen molar-refractivity contribution < 1.29 is 24.5 Å². The number of nitrogens with two attached hydrogens (primary N) is 1. The third kappa shape index (κ3) is 3.73. The quantitative estimate of drug-likeness (QED) is 0.175. The molecule has 2 rings (SSSR count). The largest absolute Gasteiger partial charge is 0.480 e. The van der Waals surface area contributed by atoms with Crippen LogP contribution in [0.1, 0.15) is 11.6 Å². The molecule has 0 bridgehead atoms. The van der Waals surface area contributed by atoms with Crippen LogP contribution in [0.3, 0.4) is 0 Å². The number of imide groups is 1. The Morgan fingerprint density at radius 2 is 2.21 bits per heavy atom. The number of aliphatic carboxylic acids is 1. The predicted molar refractivity (Wildman–Crippen MR) is 78.5 cm³/mol. The third-order valence-electron chi connectivity index (χ3n) is 2.98. The summed E-state index contributed by atoms with van der Waals surface area (Å²) < 4.78 is 0. The van der Waals surface area contributed by atoms with E-state index in [1.807, 2.05) is 0 Å². The van der Waals surface area contributed by atoms with Crippen molar-refractivity contribution in [2.75, 3.05) is 6.54 Å². The van der Waals surface area contributed by atoms with Gasteiger partial charge in [0.15, 0.2) is 5.03 Å². The lowest BCUT2D eigenvalue weighted by molar-refractivity contribution is -0.525. The average Bonchev–Trinajstić information content (AvgIpc) is 2.74. The summed E-state index contributed by atoms with van der Waals surface area (Å²) in [5, 5.41) is 20.5. The van der Waals surface area contributed by atoms with Crippen molar-refractivity contribution in [2.45, 2.75) is 6.04 Å². The van der Waals surface area contributed by atoms with Gasteiger partial charge in [0.2, 0.25) is 0 Å². The van der Waals surface area contributed by atoms with Crippen molar-refractivity contribution in [2.24, 2.45) is 10.7 Å². The van der Waals surface area contributed by atoms with E-state index in [9.17, 15) is 24.5 Å². The van der Waals surface area contributed by atoms with Crippen LogP contribution < -0.4 is 16.5 Å². The molecule has 12 nitrogen and oxygen atoms in total. The summed E-state index contributed by atoms with van der Waals surface area (Å²) in [6.07, 6.45) is 0. The molecule has 1 unspecified atom stereocenters. The van der Waals surface area contributed by atoms with Gasteiger partial charge >= 0.3 is 12.0 Å². The summed E-state index contributed by atoms with van der Waals surface area (Å²) in [7, 11) is 0. The molecule has 24 heavy (non-hydrogen) atoms. The first-order valence-electron chi connectivity index (χ1n) is 6.47. The maximum Gasteiger partial charge on any atom is 0.325 e. The smallest absolute Gasteiger partial charge is 0.325 e. The summed E-state index contributed by atoms with van der Waals surface area (Å²) in [4.78, 5) is 49.1. The summed E-state index contributed by atoms with van der Waals surface area (Å²) in [6, 6.07) is 4.00. The second kappa shape index (κ2) is 6.60. The second-order valence-corrected chi connectivity index (χ2v) is 4.66. The molecule has 0 aromatic heterocycles. The number of hydrazine groups is 1. The fourth-order valence-electron chi connectivity index (χ4n) is 2.06. The topological polar surface area (TPSA) is 180 Å². The minimum absolute atomic E-state index is 0.207. The number of hydrogen-bond acceptors (Lipinski definition) is 6. The molecule has 0 spiro atoms. The highest BCUT2D eigenvalue weighted by Gasteiger charge is 2.39. The maximum absolute atomic E-state index is 12.1. The van der Waals surface area contributed by atoms with Crippen molar-refractivity contribution >= 4 is 29.6 Å². The van der Waals surface area contributed by atoms with Crippen molar-refractivity contribution in [3.05, 3.63) is 39.9 Å². The van der Waals surface area contributed by atoms with Crippen molar-refractivity contribution in [1.29, 1.82) is 0 Å².